The predicted octanol–water partition coefficient (Wildman–Crippen LogP) is 8.63. The van der Waals surface area contributed by atoms with Crippen molar-refractivity contribution < 1.29 is 28.5 Å². The lowest BCUT2D eigenvalue weighted by Crippen LogP contribution is -2.40. The average molecular weight is 788 g/mol. The number of methoxy groups -OCH3 is 2. The van der Waals surface area contributed by atoms with Crippen molar-refractivity contribution in [3.8, 4) is 11.5 Å². The van der Waals surface area contributed by atoms with E-state index in [9.17, 15) is 5.11 Å². The Balaban J connectivity index is 1.09. The van der Waals surface area contributed by atoms with Crippen molar-refractivity contribution in [3.63, 3.8) is 0 Å². The molecule has 1 fully saturated rings. The summed E-state index contributed by atoms with van der Waals surface area (Å²) in [6.07, 6.45) is 1.59. The van der Waals surface area contributed by atoms with Crippen LogP contribution in [0.3, 0.4) is 0 Å². The third-order valence-electron chi connectivity index (χ3n) is 11.4. The summed E-state index contributed by atoms with van der Waals surface area (Å²) in [6.45, 7) is 12.5. The maximum atomic E-state index is 11.5. The molecule has 2 aromatic heterocycles. The lowest BCUT2D eigenvalue weighted by molar-refractivity contribution is -0.0931. The van der Waals surface area contributed by atoms with Crippen LogP contribution in [-0.2, 0) is 32.7 Å². The van der Waals surface area contributed by atoms with Crippen LogP contribution in [-0.4, -0.2) is 66.0 Å². The van der Waals surface area contributed by atoms with E-state index in [1.807, 2.05) is 83.4 Å². The molecule has 0 unspecified atom stereocenters. The molecule has 1 saturated heterocycles. The van der Waals surface area contributed by atoms with Gasteiger partial charge in [-0.05, 0) is 70.2 Å². The molecule has 11 nitrogen and oxygen atoms in total. The van der Waals surface area contributed by atoms with Gasteiger partial charge in [0.15, 0.2) is 25.3 Å². The molecule has 12 heteroatoms. The molecule has 57 heavy (non-hydrogen) atoms. The lowest BCUT2D eigenvalue weighted by Gasteiger charge is -2.37. The van der Waals surface area contributed by atoms with Gasteiger partial charge in [-0.1, -0.05) is 99.6 Å². The maximum Gasteiger partial charge on any atom is 0.192 e. The number of nitrogens with one attached hydrogen (secondary N) is 1. The topological polar surface area (TPSA) is 122 Å². The van der Waals surface area contributed by atoms with Crippen LogP contribution >= 0.6 is 0 Å². The van der Waals surface area contributed by atoms with Crippen LogP contribution in [0.5, 0.6) is 11.5 Å². The number of benzene rings is 4. The Labute approximate surface area is 336 Å². The Morgan fingerprint density at radius 3 is 2.07 bits per heavy atom. The summed E-state index contributed by atoms with van der Waals surface area (Å²) in [5.74, 6) is 2.09. The highest BCUT2D eigenvalue weighted by atomic mass is 28.4. The Kier molecular flexibility index (Phi) is 11.8. The zero-order chi connectivity index (χ0) is 40.2. The van der Waals surface area contributed by atoms with E-state index in [1.165, 1.54) is 6.33 Å². The van der Waals surface area contributed by atoms with Gasteiger partial charge in [0.2, 0.25) is 0 Å². The van der Waals surface area contributed by atoms with Crippen molar-refractivity contribution >= 4 is 25.3 Å². The molecule has 0 aliphatic carbocycles. The first-order valence-corrected chi connectivity index (χ1v) is 22.3. The van der Waals surface area contributed by atoms with Gasteiger partial charge in [-0.25, -0.2) is 15.0 Å². The minimum atomic E-state index is -1.87. The normalized spacial score (nSPS) is 17.5. The van der Waals surface area contributed by atoms with Crippen LogP contribution in [0.2, 0.25) is 18.1 Å². The van der Waals surface area contributed by atoms with Crippen molar-refractivity contribution in [1.82, 2.24) is 19.5 Å². The fraction of sp³-hybridized carbons (Fsp3) is 0.356. The predicted molar refractivity (Wildman–Crippen MR) is 224 cm³/mol. The Morgan fingerprint density at radius 2 is 1.44 bits per heavy atom. The van der Waals surface area contributed by atoms with Gasteiger partial charge in [-0.3, -0.25) is 4.57 Å². The van der Waals surface area contributed by atoms with E-state index in [1.54, 1.807) is 20.5 Å². The molecule has 298 valence electrons. The fourth-order valence-electron chi connectivity index (χ4n) is 7.00. The second kappa shape index (κ2) is 16.8. The molecule has 0 saturated carbocycles. The first-order valence-electron chi connectivity index (χ1n) is 19.4. The summed E-state index contributed by atoms with van der Waals surface area (Å²) >= 11 is 0. The Hall–Kier alpha value is -5.11. The molecular formula is C45H53N5O6Si. The number of aliphatic hydroxyl groups is 1. The van der Waals surface area contributed by atoms with Crippen molar-refractivity contribution in [2.75, 3.05) is 26.1 Å². The molecule has 4 aromatic carbocycles. The minimum Gasteiger partial charge on any atom is -0.497 e. The summed E-state index contributed by atoms with van der Waals surface area (Å²) in [5.41, 5.74) is 5.15. The number of hydrogen-bond donors (Lipinski definition) is 2. The molecule has 6 aromatic rings. The number of hydrogen-bond acceptors (Lipinski definition) is 10. The molecule has 0 radical (unpaired) electrons. The monoisotopic (exact) mass is 787 g/mol. The largest absolute Gasteiger partial charge is 0.497 e. The first-order chi connectivity index (χ1) is 27.4. The molecule has 1 aliphatic heterocycles. The van der Waals surface area contributed by atoms with Crippen molar-refractivity contribution in [1.29, 1.82) is 0 Å². The molecular weight excluding hydrogens is 735 g/mol. The molecule has 0 amide bonds. The number of fused-ring (bicyclic) bond motifs is 1. The third-order valence-corrected chi connectivity index (χ3v) is 15.8. The number of ether oxygens (including phenoxy) is 4. The summed E-state index contributed by atoms with van der Waals surface area (Å²) in [4.78, 5) is 13.8. The number of aliphatic hydroxyl groups excluding tert-OH is 1. The van der Waals surface area contributed by atoms with Gasteiger partial charge in [-0.15, -0.1) is 0 Å². The summed E-state index contributed by atoms with van der Waals surface area (Å²) in [7, 11) is 1.42. The van der Waals surface area contributed by atoms with Gasteiger partial charge in [0, 0.05) is 13.0 Å². The van der Waals surface area contributed by atoms with E-state index in [2.05, 4.69) is 73.4 Å². The lowest BCUT2D eigenvalue weighted by atomic mass is 9.80. The maximum absolute atomic E-state index is 11.5. The highest BCUT2D eigenvalue weighted by molar-refractivity contribution is 6.74. The average Bonchev–Trinajstić information content (AvgIpc) is 3.83. The summed E-state index contributed by atoms with van der Waals surface area (Å²) in [6, 6.07) is 34.2. The summed E-state index contributed by atoms with van der Waals surface area (Å²) in [5, 5.41) is 15.1. The molecule has 0 bridgehead atoms. The van der Waals surface area contributed by atoms with E-state index < -0.39 is 32.4 Å². The molecule has 3 atom stereocenters. The van der Waals surface area contributed by atoms with E-state index >= 15 is 0 Å². The van der Waals surface area contributed by atoms with Gasteiger partial charge in [0.1, 0.15) is 35.8 Å². The fourth-order valence-corrected chi connectivity index (χ4v) is 7.97. The SMILES string of the molecule is COc1ccc(C(OC[C@H]2O[C@@H](n3cnc4c(NCc5cccc(CO[Si](C)(C)C(C)(C)C)c5)ncnc43)C[C@@H]2O)(c2ccccc2)c2ccc(OC)cc2)cc1. The van der Waals surface area contributed by atoms with Gasteiger partial charge >= 0.3 is 0 Å². The molecule has 3 heterocycles. The van der Waals surface area contributed by atoms with Crippen molar-refractivity contribution in [3.05, 3.63) is 144 Å². The molecule has 0 spiro atoms. The van der Waals surface area contributed by atoms with Crippen LogP contribution in [0.15, 0.2) is 116 Å². The minimum absolute atomic E-state index is 0.0963. The van der Waals surface area contributed by atoms with E-state index in [-0.39, 0.29) is 11.6 Å². The van der Waals surface area contributed by atoms with Gasteiger partial charge in [-0.2, -0.15) is 0 Å². The zero-order valence-electron chi connectivity index (χ0n) is 33.8. The molecule has 2 N–H and O–H groups in total. The summed E-state index contributed by atoms with van der Waals surface area (Å²) < 4.78 is 32.9. The Bertz CT molecular complexity index is 2190. The second-order valence-electron chi connectivity index (χ2n) is 16.0. The van der Waals surface area contributed by atoms with Gasteiger partial charge in [0.25, 0.3) is 0 Å². The second-order valence-corrected chi connectivity index (χ2v) is 20.8. The smallest absolute Gasteiger partial charge is 0.192 e. The standard InChI is InChI=1S/C45H53N5O6Si/c1-44(2,3)57(6,7)55-27-32-13-11-12-31(24-32)26-46-42-41-43(48-29-47-42)50(30-49-41)40-25-38(51)39(56-40)28-54-45(33-14-9-8-10-15-33,34-16-20-36(52-4)21-17-34)35-18-22-37(53-5)23-19-35/h8-24,29-30,38-40,51H,25-28H2,1-7H3,(H,46,47,48)/t38-,39+,40+/m0/s1. The molecule has 7 rings (SSSR count). The van der Waals surface area contributed by atoms with Crippen LogP contribution in [0, 0.1) is 0 Å². The zero-order valence-corrected chi connectivity index (χ0v) is 34.8. The quantitative estimate of drug-likeness (QED) is 0.0773. The van der Waals surface area contributed by atoms with E-state index in [4.69, 9.17) is 28.4 Å². The highest BCUT2D eigenvalue weighted by Crippen LogP contribution is 2.43. The van der Waals surface area contributed by atoms with Crippen molar-refractivity contribution in [2.24, 2.45) is 0 Å². The highest BCUT2D eigenvalue weighted by Gasteiger charge is 2.42. The third kappa shape index (κ3) is 8.46. The van der Waals surface area contributed by atoms with Crippen LogP contribution in [0.25, 0.3) is 11.2 Å². The van der Waals surface area contributed by atoms with Crippen LogP contribution < -0.4 is 14.8 Å². The Morgan fingerprint density at radius 1 is 0.807 bits per heavy atom. The van der Waals surface area contributed by atoms with E-state index in [0.717, 1.165) is 39.3 Å². The number of rotatable bonds is 15. The van der Waals surface area contributed by atoms with Gasteiger partial charge in [0.05, 0.1) is 39.9 Å². The number of nitrogens with zero attached hydrogens (tertiary/aromatic N) is 4. The van der Waals surface area contributed by atoms with Crippen molar-refractivity contribution in [2.45, 2.75) is 82.5 Å². The number of aromatic nitrogens is 4. The number of anilines is 1. The number of imidazole rings is 1. The molecule has 1 aliphatic rings. The van der Waals surface area contributed by atoms with Gasteiger partial charge < -0.3 is 33.8 Å². The van der Waals surface area contributed by atoms with E-state index in [0.29, 0.717) is 36.6 Å². The first kappa shape index (κ1) is 40.1. The van der Waals surface area contributed by atoms with Crippen LogP contribution in [0.1, 0.15) is 61.2 Å². The van der Waals surface area contributed by atoms with Crippen LogP contribution in [0.4, 0.5) is 5.82 Å².